The molecule has 1 amide bonds. The smallest absolute Gasteiger partial charge is 0.418 e. The van der Waals surface area contributed by atoms with Crippen LogP contribution in [0.4, 0.5) is 40.8 Å². The lowest BCUT2D eigenvalue weighted by Crippen LogP contribution is -2.53. The molecule has 8 heterocycles. The lowest BCUT2D eigenvalue weighted by Gasteiger charge is -2.42. The van der Waals surface area contributed by atoms with Gasteiger partial charge in [-0.3, -0.25) is 4.79 Å². The van der Waals surface area contributed by atoms with Gasteiger partial charge in [-0.05, 0) is 96.8 Å². The van der Waals surface area contributed by atoms with Gasteiger partial charge in [0.15, 0.2) is 11.6 Å². The molecule has 7 N–H and O–H groups in total. The number of hydrogen-bond acceptors (Lipinski definition) is 17. The molecule has 0 bridgehead atoms. The summed E-state index contributed by atoms with van der Waals surface area (Å²) in [6, 6.07) is 3.97. The second kappa shape index (κ2) is 21.8. The first kappa shape index (κ1) is 53.9. The zero-order valence-electron chi connectivity index (χ0n) is 41.1. The van der Waals surface area contributed by atoms with Crippen molar-refractivity contribution >= 4 is 75.0 Å². The molecule has 1 aromatic carbocycles. The van der Waals surface area contributed by atoms with Crippen molar-refractivity contribution in [2.75, 3.05) is 80.8 Å². The number of nitrogens with zero attached hydrogens (tertiary/aromatic N) is 10. The number of likely N-dealkylation sites (N-methyl/N-ethyl adjacent to an activating group) is 1. The van der Waals surface area contributed by atoms with Gasteiger partial charge in [-0.1, -0.05) is 41.5 Å². The molecule has 4 unspecified atom stereocenters. The van der Waals surface area contributed by atoms with Crippen LogP contribution in [0.25, 0.3) is 22.2 Å². The molecule has 24 heteroatoms. The minimum atomic E-state index is -4.86. The number of alkyl halides is 3. The summed E-state index contributed by atoms with van der Waals surface area (Å²) in [6.45, 7) is 14.9. The Labute approximate surface area is 434 Å². The molecule has 5 aromatic rings. The standard InChI is InChI=1S/C29H32ClF4N7O2.C20H27ClN6O2S/c1-5-21(42)40-9-10-41(16(3)13-40)27-18-12-19(30)22(26-23(29(32,33)34)15(2)11-20(35)36-26)24(31)25(18)37-28(38-27)43-14-17-7-6-8-39(17)4;1-11-19(30-14-3-6-24-17(23)15(14)21)26-13(9-28)18(25-11)27-7-4-20(5-8-27)10-29-12(2)16(20)22/h5,11-12,16-17H,1,6-10,13-14H2,2-4H3,(H2,35,36);3,6,12,16,28H,4-5,7-10,22H2,1-2H3,(H2,23,24). The Balaban J connectivity index is 0.000000207. The molecule has 1 spiro atoms. The molecule has 17 nitrogen and oxygen atoms in total. The number of carbonyl (C=O) groups is 1. The predicted octanol–water partition coefficient (Wildman–Crippen LogP) is 7.48. The topological polar surface area (TPSA) is 224 Å². The first-order chi connectivity index (χ1) is 34.6. The van der Waals surface area contributed by atoms with E-state index in [0.29, 0.717) is 42.0 Å². The highest BCUT2D eigenvalue weighted by Gasteiger charge is 2.48. The van der Waals surface area contributed by atoms with Crippen LogP contribution in [-0.4, -0.2) is 134 Å². The van der Waals surface area contributed by atoms with E-state index in [0.717, 1.165) is 67.8 Å². The number of aliphatic hydroxyl groups excluding tert-OH is 1. The van der Waals surface area contributed by atoms with E-state index < -0.39 is 28.8 Å². The van der Waals surface area contributed by atoms with E-state index in [-0.39, 0.29) is 93.7 Å². The lowest BCUT2D eigenvalue weighted by molar-refractivity contribution is -0.137. The van der Waals surface area contributed by atoms with E-state index in [1.54, 1.807) is 17.2 Å². The molecular formula is C49H59Cl2F4N13O4S. The Hall–Kier alpha value is -5.36. The number of hydrogen-bond donors (Lipinski definition) is 4. The Morgan fingerprint density at radius 2 is 1.79 bits per heavy atom. The normalized spacial score (nSPS) is 21.2. The van der Waals surface area contributed by atoms with Gasteiger partial charge in [-0.15, -0.1) is 0 Å². The van der Waals surface area contributed by atoms with Crippen LogP contribution in [0, 0.1) is 25.1 Å². The average molecular weight is 1070 g/mol. The first-order valence-electron chi connectivity index (χ1n) is 23.9. The van der Waals surface area contributed by atoms with E-state index in [1.165, 1.54) is 30.8 Å². The quantitative estimate of drug-likeness (QED) is 0.0786. The van der Waals surface area contributed by atoms with E-state index in [2.05, 4.69) is 41.3 Å². The highest BCUT2D eigenvalue weighted by Crippen LogP contribution is 2.46. The molecule has 4 saturated heterocycles. The van der Waals surface area contributed by atoms with Crippen molar-refractivity contribution in [3.05, 3.63) is 75.4 Å². The summed E-state index contributed by atoms with van der Waals surface area (Å²) in [5, 5.41) is 10.9. The van der Waals surface area contributed by atoms with E-state index >= 15 is 4.39 Å². The van der Waals surface area contributed by atoms with Gasteiger partial charge in [0.05, 0.1) is 51.9 Å². The van der Waals surface area contributed by atoms with Crippen LogP contribution in [0.5, 0.6) is 6.01 Å². The van der Waals surface area contributed by atoms with Gasteiger partial charge in [-0.2, -0.15) is 23.1 Å². The molecule has 0 radical (unpaired) electrons. The van der Waals surface area contributed by atoms with Crippen molar-refractivity contribution in [3.8, 4) is 17.3 Å². The largest absolute Gasteiger partial charge is 0.462 e. The summed E-state index contributed by atoms with van der Waals surface area (Å²) >= 11 is 14.2. The van der Waals surface area contributed by atoms with Crippen molar-refractivity contribution in [3.63, 3.8) is 0 Å². The molecule has 0 saturated carbocycles. The van der Waals surface area contributed by atoms with Crippen molar-refractivity contribution in [1.29, 1.82) is 0 Å². The number of fused-ring (bicyclic) bond motifs is 1. The van der Waals surface area contributed by atoms with Gasteiger partial charge in [0.25, 0.3) is 0 Å². The minimum Gasteiger partial charge on any atom is -0.462 e. The van der Waals surface area contributed by atoms with Crippen LogP contribution < -0.4 is 31.7 Å². The number of aromatic nitrogens is 6. The fourth-order valence-corrected chi connectivity index (χ4v) is 11.5. The van der Waals surface area contributed by atoms with Gasteiger partial charge in [-0.25, -0.2) is 24.3 Å². The SMILES string of the molecule is C=CC(=O)N1CCN(c2nc(OCC3CCCN3C)nc3c(F)c(-c4nc(N)cc(C)c4C(F)(F)F)c(Cl)cc23)C(C)C1.Cc1nc(N2CCC3(CC2)COC(C)C3N)c(CO)nc1Sc1ccnc(N)c1Cl. The number of aryl methyl sites for hydroxylation is 2. The molecular weight excluding hydrogens is 1010 g/mol. The van der Waals surface area contributed by atoms with Crippen LogP contribution in [0.2, 0.25) is 10.0 Å². The molecule has 4 aliphatic heterocycles. The van der Waals surface area contributed by atoms with E-state index in [4.69, 9.17) is 54.9 Å². The third-order valence-electron chi connectivity index (χ3n) is 14.3. The zero-order chi connectivity index (χ0) is 52.7. The molecule has 392 valence electrons. The van der Waals surface area contributed by atoms with Gasteiger partial charge in [0.2, 0.25) is 5.91 Å². The number of benzene rings is 1. The van der Waals surface area contributed by atoms with Crippen LogP contribution in [0.3, 0.4) is 0 Å². The highest BCUT2D eigenvalue weighted by molar-refractivity contribution is 7.99. The Morgan fingerprint density at radius 3 is 2.42 bits per heavy atom. The zero-order valence-corrected chi connectivity index (χ0v) is 43.5. The fraction of sp³-hybridized carbons (Fsp3) is 0.490. The van der Waals surface area contributed by atoms with Crippen molar-refractivity contribution in [2.24, 2.45) is 11.1 Å². The summed E-state index contributed by atoms with van der Waals surface area (Å²) in [4.78, 5) is 47.2. The number of halogens is 6. The number of ether oxygens (including phenoxy) is 2. The molecule has 9 rings (SSSR count). The van der Waals surface area contributed by atoms with E-state index in [1.807, 2.05) is 32.7 Å². The number of piperidine rings is 1. The molecule has 4 fully saturated rings. The van der Waals surface area contributed by atoms with Gasteiger partial charge in [0.1, 0.15) is 40.3 Å². The van der Waals surface area contributed by atoms with Crippen LogP contribution in [0.15, 0.2) is 47.0 Å². The Morgan fingerprint density at radius 1 is 1.05 bits per heavy atom. The number of carbonyl (C=O) groups excluding carboxylic acids is 1. The molecule has 4 aromatic heterocycles. The first-order valence-corrected chi connectivity index (χ1v) is 25.5. The van der Waals surface area contributed by atoms with Crippen LogP contribution >= 0.6 is 35.0 Å². The van der Waals surface area contributed by atoms with Gasteiger partial charge in [0, 0.05) is 72.7 Å². The number of likely N-dealkylation sites (tertiary alicyclic amines) is 1. The summed E-state index contributed by atoms with van der Waals surface area (Å²) in [5.74, 6) is -0.243. The summed E-state index contributed by atoms with van der Waals surface area (Å²) in [7, 11) is 1.98. The lowest BCUT2D eigenvalue weighted by atomic mass is 9.73. The molecule has 0 aliphatic carbocycles. The summed E-state index contributed by atoms with van der Waals surface area (Å²) in [5.41, 5.74) is 16.5. The van der Waals surface area contributed by atoms with Crippen molar-refractivity contribution in [1.82, 2.24) is 39.7 Å². The van der Waals surface area contributed by atoms with Crippen LogP contribution in [-0.2, 0) is 22.3 Å². The van der Waals surface area contributed by atoms with Crippen molar-refractivity contribution < 1.29 is 36.9 Å². The van der Waals surface area contributed by atoms with Crippen LogP contribution in [0.1, 0.15) is 62.0 Å². The average Bonchev–Trinajstić information content (AvgIpc) is 3.89. The second-order valence-electron chi connectivity index (χ2n) is 19.0. The maximum atomic E-state index is 16.5. The number of pyridine rings is 2. The van der Waals surface area contributed by atoms with E-state index in [9.17, 15) is 23.1 Å². The monoisotopic (exact) mass is 1070 g/mol. The number of amides is 1. The number of piperazine rings is 1. The Bertz CT molecular complexity index is 2900. The number of nitrogens with two attached hydrogens (primary N) is 3. The fourth-order valence-electron chi connectivity index (χ4n) is 10.1. The molecule has 73 heavy (non-hydrogen) atoms. The number of anilines is 4. The minimum absolute atomic E-state index is 0.0333. The summed E-state index contributed by atoms with van der Waals surface area (Å²) < 4.78 is 70.8. The third-order valence-corrected chi connectivity index (χ3v) is 16.2. The molecule has 4 aliphatic rings. The second-order valence-corrected chi connectivity index (χ2v) is 20.8. The number of nitrogen functional groups attached to an aromatic ring is 2. The summed E-state index contributed by atoms with van der Waals surface area (Å²) in [6.07, 6.45) is 1.87. The van der Waals surface area contributed by atoms with Gasteiger partial charge >= 0.3 is 12.2 Å². The maximum Gasteiger partial charge on any atom is 0.418 e. The number of aliphatic hydroxyl groups is 1. The Kier molecular flexibility index (Phi) is 16.1. The van der Waals surface area contributed by atoms with Crippen molar-refractivity contribution in [2.45, 2.75) is 100 Å². The van der Waals surface area contributed by atoms with Gasteiger partial charge < -0.3 is 51.4 Å². The number of rotatable bonds is 10. The third kappa shape index (κ3) is 11.1. The molecule has 4 atom stereocenters. The highest BCUT2D eigenvalue weighted by atomic mass is 35.5. The maximum absolute atomic E-state index is 16.5. The predicted molar refractivity (Wildman–Crippen MR) is 274 cm³/mol.